The zero-order chi connectivity index (χ0) is 12.2. The fourth-order valence-electron chi connectivity index (χ4n) is 2.39. The zero-order valence-corrected chi connectivity index (χ0v) is 11.2. The number of aromatic amines is 1. The quantitative estimate of drug-likeness (QED) is 0.776. The Hall–Kier alpha value is -0.830. The molecular formula is C13H25N3. The maximum Gasteiger partial charge on any atom is 0.0537 e. The summed E-state index contributed by atoms with van der Waals surface area (Å²) in [4.78, 5) is 0. The zero-order valence-electron chi connectivity index (χ0n) is 11.2. The van der Waals surface area contributed by atoms with Gasteiger partial charge in [-0.3, -0.25) is 5.10 Å². The number of aryl methyl sites for hydroxylation is 1. The van der Waals surface area contributed by atoms with E-state index in [1.54, 1.807) is 0 Å². The number of aromatic nitrogens is 2. The average Bonchev–Trinajstić information content (AvgIpc) is 2.72. The Morgan fingerprint density at radius 1 is 1.31 bits per heavy atom. The second-order valence-electron chi connectivity index (χ2n) is 4.66. The fourth-order valence-corrected chi connectivity index (χ4v) is 2.39. The van der Waals surface area contributed by atoms with Gasteiger partial charge in [-0.1, -0.05) is 20.8 Å². The minimum absolute atomic E-state index is 0.267. The van der Waals surface area contributed by atoms with Crippen LogP contribution in [-0.4, -0.2) is 15.7 Å². The normalized spacial score (nSPS) is 14.1. The van der Waals surface area contributed by atoms with E-state index < -0.39 is 0 Å². The average molecular weight is 223 g/mol. The van der Waals surface area contributed by atoms with E-state index in [0.29, 0.717) is 6.04 Å². The van der Waals surface area contributed by atoms with Crippen LogP contribution in [0.1, 0.15) is 64.3 Å². The SMILES string of the molecule is CCC(CC)(CC)NC(C)c1cn[nH]c1C. The summed E-state index contributed by atoms with van der Waals surface area (Å²) in [6.07, 6.45) is 5.43. The summed E-state index contributed by atoms with van der Waals surface area (Å²) in [5.74, 6) is 0. The number of nitrogens with zero attached hydrogens (tertiary/aromatic N) is 1. The van der Waals surface area contributed by atoms with Crippen molar-refractivity contribution in [1.29, 1.82) is 0 Å². The van der Waals surface area contributed by atoms with Gasteiger partial charge in [-0.15, -0.1) is 0 Å². The van der Waals surface area contributed by atoms with Crippen LogP contribution in [0.15, 0.2) is 6.20 Å². The molecule has 3 heteroatoms. The molecule has 1 aromatic heterocycles. The van der Waals surface area contributed by atoms with Crippen LogP contribution >= 0.6 is 0 Å². The molecule has 0 bridgehead atoms. The third-order valence-electron chi connectivity index (χ3n) is 3.89. The van der Waals surface area contributed by atoms with Gasteiger partial charge in [0.2, 0.25) is 0 Å². The van der Waals surface area contributed by atoms with Crippen LogP contribution in [0.4, 0.5) is 0 Å². The van der Waals surface area contributed by atoms with Crippen molar-refractivity contribution in [2.45, 2.75) is 65.5 Å². The van der Waals surface area contributed by atoms with Gasteiger partial charge in [-0.25, -0.2) is 0 Å². The van der Waals surface area contributed by atoms with Gasteiger partial charge in [-0.05, 0) is 33.1 Å². The molecular weight excluding hydrogens is 198 g/mol. The van der Waals surface area contributed by atoms with Crippen LogP contribution < -0.4 is 5.32 Å². The van der Waals surface area contributed by atoms with Crippen LogP contribution in [0, 0.1) is 6.92 Å². The first-order valence-corrected chi connectivity index (χ1v) is 6.36. The number of hydrogen-bond acceptors (Lipinski definition) is 2. The van der Waals surface area contributed by atoms with Crippen molar-refractivity contribution in [3.05, 3.63) is 17.5 Å². The van der Waals surface area contributed by atoms with Crippen molar-refractivity contribution in [3.63, 3.8) is 0 Å². The molecule has 2 N–H and O–H groups in total. The van der Waals surface area contributed by atoms with Gasteiger partial charge < -0.3 is 5.32 Å². The van der Waals surface area contributed by atoms with Crippen LogP contribution in [0.3, 0.4) is 0 Å². The van der Waals surface area contributed by atoms with Gasteiger partial charge >= 0.3 is 0 Å². The highest BCUT2D eigenvalue weighted by atomic mass is 15.1. The van der Waals surface area contributed by atoms with E-state index in [0.717, 1.165) is 5.69 Å². The molecule has 0 saturated carbocycles. The van der Waals surface area contributed by atoms with Crippen LogP contribution in [-0.2, 0) is 0 Å². The van der Waals surface area contributed by atoms with E-state index in [-0.39, 0.29) is 5.54 Å². The molecule has 1 aromatic rings. The molecule has 0 aliphatic heterocycles. The van der Waals surface area contributed by atoms with E-state index >= 15 is 0 Å². The molecule has 0 aliphatic rings. The molecule has 0 aromatic carbocycles. The van der Waals surface area contributed by atoms with Crippen molar-refractivity contribution >= 4 is 0 Å². The van der Waals surface area contributed by atoms with Crippen LogP contribution in [0.25, 0.3) is 0 Å². The topological polar surface area (TPSA) is 40.7 Å². The Labute approximate surface area is 99.0 Å². The maximum absolute atomic E-state index is 4.09. The molecule has 0 fully saturated rings. The van der Waals surface area contributed by atoms with Crippen molar-refractivity contribution < 1.29 is 0 Å². The molecule has 16 heavy (non-hydrogen) atoms. The number of rotatable bonds is 6. The lowest BCUT2D eigenvalue weighted by atomic mass is 9.88. The highest BCUT2D eigenvalue weighted by Crippen LogP contribution is 2.25. The summed E-state index contributed by atoms with van der Waals surface area (Å²) < 4.78 is 0. The third-order valence-corrected chi connectivity index (χ3v) is 3.89. The molecule has 0 amide bonds. The van der Waals surface area contributed by atoms with Crippen molar-refractivity contribution in [2.24, 2.45) is 0 Å². The molecule has 3 nitrogen and oxygen atoms in total. The molecule has 1 heterocycles. The lowest BCUT2D eigenvalue weighted by Gasteiger charge is -2.35. The highest BCUT2D eigenvalue weighted by molar-refractivity contribution is 5.19. The summed E-state index contributed by atoms with van der Waals surface area (Å²) in [7, 11) is 0. The van der Waals surface area contributed by atoms with E-state index in [9.17, 15) is 0 Å². The van der Waals surface area contributed by atoms with Crippen molar-refractivity contribution in [1.82, 2.24) is 15.5 Å². The lowest BCUT2D eigenvalue weighted by molar-refractivity contribution is 0.262. The Kier molecular flexibility index (Phi) is 4.54. The number of H-pyrrole nitrogens is 1. The molecule has 1 unspecified atom stereocenters. The minimum atomic E-state index is 0.267. The molecule has 0 aliphatic carbocycles. The highest BCUT2D eigenvalue weighted by Gasteiger charge is 2.26. The first-order chi connectivity index (χ1) is 7.58. The summed E-state index contributed by atoms with van der Waals surface area (Å²) in [6, 6.07) is 0.360. The predicted octanol–water partition coefficient (Wildman–Crippen LogP) is 3.34. The van der Waals surface area contributed by atoms with E-state index in [4.69, 9.17) is 0 Å². The smallest absolute Gasteiger partial charge is 0.0537 e. The first-order valence-electron chi connectivity index (χ1n) is 6.36. The maximum atomic E-state index is 4.09. The van der Waals surface area contributed by atoms with Crippen LogP contribution in [0.5, 0.6) is 0 Å². The largest absolute Gasteiger partial charge is 0.305 e. The Morgan fingerprint density at radius 2 is 1.88 bits per heavy atom. The first kappa shape index (κ1) is 13.2. The number of nitrogens with one attached hydrogen (secondary N) is 2. The minimum Gasteiger partial charge on any atom is -0.305 e. The molecule has 0 spiro atoms. The number of hydrogen-bond donors (Lipinski definition) is 2. The standard InChI is InChI=1S/C13H25N3/c1-6-13(7-2,8-3)15-10(4)12-9-14-16-11(12)5/h9-10,15H,6-8H2,1-5H3,(H,14,16). The van der Waals surface area contributed by atoms with Crippen LogP contribution in [0.2, 0.25) is 0 Å². The van der Waals surface area contributed by atoms with Crippen molar-refractivity contribution in [3.8, 4) is 0 Å². The molecule has 1 atom stereocenters. The van der Waals surface area contributed by atoms with Gasteiger partial charge in [-0.2, -0.15) is 5.10 Å². The molecule has 0 saturated heterocycles. The summed E-state index contributed by atoms with van der Waals surface area (Å²) in [5, 5.41) is 10.8. The fraction of sp³-hybridized carbons (Fsp3) is 0.769. The predicted molar refractivity (Wildman–Crippen MR) is 68.5 cm³/mol. The monoisotopic (exact) mass is 223 g/mol. The molecule has 0 radical (unpaired) electrons. The van der Waals surface area contributed by atoms with E-state index in [2.05, 4.69) is 50.1 Å². The Balaban J connectivity index is 2.76. The van der Waals surface area contributed by atoms with Gasteiger partial charge in [0.05, 0.1) is 6.20 Å². The summed E-state index contributed by atoms with van der Waals surface area (Å²) in [5.41, 5.74) is 2.71. The van der Waals surface area contributed by atoms with E-state index in [1.165, 1.54) is 24.8 Å². The lowest BCUT2D eigenvalue weighted by Crippen LogP contribution is -2.44. The summed E-state index contributed by atoms with van der Waals surface area (Å²) >= 11 is 0. The molecule has 1 rings (SSSR count). The Morgan fingerprint density at radius 3 is 2.25 bits per heavy atom. The second kappa shape index (κ2) is 5.48. The van der Waals surface area contributed by atoms with Gasteiger partial charge in [0.25, 0.3) is 0 Å². The third kappa shape index (κ3) is 2.64. The van der Waals surface area contributed by atoms with Gasteiger partial charge in [0, 0.05) is 22.8 Å². The van der Waals surface area contributed by atoms with Gasteiger partial charge in [0.15, 0.2) is 0 Å². The Bertz CT molecular complexity index is 304. The van der Waals surface area contributed by atoms with E-state index in [1.807, 2.05) is 6.20 Å². The van der Waals surface area contributed by atoms with Gasteiger partial charge in [0.1, 0.15) is 0 Å². The second-order valence-corrected chi connectivity index (χ2v) is 4.66. The molecule has 92 valence electrons. The summed E-state index contributed by atoms with van der Waals surface area (Å²) in [6.45, 7) is 11.1. The van der Waals surface area contributed by atoms with Crippen molar-refractivity contribution in [2.75, 3.05) is 0 Å².